The van der Waals surface area contributed by atoms with Crippen LogP contribution in [-0.4, -0.2) is 15.9 Å². The summed E-state index contributed by atoms with van der Waals surface area (Å²) >= 11 is 1.64. The van der Waals surface area contributed by atoms with Gasteiger partial charge in [-0.2, -0.15) is 0 Å². The van der Waals surface area contributed by atoms with Crippen LogP contribution in [0.1, 0.15) is 27.9 Å². The normalized spacial score (nSPS) is 10.2. The summed E-state index contributed by atoms with van der Waals surface area (Å²) in [6, 6.07) is 2.07. The molecule has 7 heteroatoms. The molecule has 0 unspecified atom stereocenters. The van der Waals surface area contributed by atoms with Gasteiger partial charge in [-0.3, -0.25) is 9.78 Å². The van der Waals surface area contributed by atoms with Gasteiger partial charge in [0.05, 0.1) is 18.9 Å². The van der Waals surface area contributed by atoms with Crippen LogP contribution in [0.5, 0.6) is 0 Å². The second-order valence-electron chi connectivity index (χ2n) is 3.84. The van der Waals surface area contributed by atoms with Crippen LogP contribution >= 0.6 is 11.3 Å². The van der Waals surface area contributed by atoms with Crippen LogP contribution in [0.25, 0.3) is 0 Å². The second-order valence-corrected chi connectivity index (χ2v) is 4.84. The van der Waals surface area contributed by atoms with E-state index in [0.717, 1.165) is 11.3 Å². The number of aryl methyl sites for hydroxylation is 1. The van der Waals surface area contributed by atoms with Crippen molar-refractivity contribution in [2.75, 3.05) is 5.43 Å². The fraction of sp³-hybridized carbons (Fsp3) is 0.250. The maximum Gasteiger partial charge on any atom is 0.271 e. The summed E-state index contributed by atoms with van der Waals surface area (Å²) in [5.41, 5.74) is 3.86. The van der Waals surface area contributed by atoms with Crippen molar-refractivity contribution in [1.29, 1.82) is 0 Å². The van der Waals surface area contributed by atoms with E-state index >= 15 is 0 Å². The molecule has 0 aliphatic carbocycles. The molecule has 2 aromatic rings. The molecule has 2 aromatic heterocycles. The van der Waals surface area contributed by atoms with Crippen LogP contribution in [0.2, 0.25) is 0 Å². The Kier molecular flexibility index (Phi) is 4.43. The van der Waals surface area contributed by atoms with Gasteiger partial charge in [0.1, 0.15) is 5.69 Å². The molecular formula is C12H15N5OS. The summed E-state index contributed by atoms with van der Waals surface area (Å²) in [6.45, 7) is 2.59. The van der Waals surface area contributed by atoms with Gasteiger partial charge in [0.2, 0.25) is 0 Å². The number of hydrogen-bond donors (Lipinski definition) is 3. The van der Waals surface area contributed by atoms with Crippen LogP contribution in [0, 0.1) is 0 Å². The van der Waals surface area contributed by atoms with Crippen molar-refractivity contribution in [2.45, 2.75) is 19.9 Å². The van der Waals surface area contributed by atoms with E-state index in [-0.39, 0.29) is 11.6 Å². The molecule has 0 bridgehead atoms. The number of nitrogen functional groups attached to an aromatic ring is 1. The fourth-order valence-corrected chi connectivity index (χ4v) is 2.55. The minimum atomic E-state index is -0.264. The monoisotopic (exact) mass is 277 g/mol. The summed E-state index contributed by atoms with van der Waals surface area (Å²) in [5, 5.41) is 4.85. The number of thiophene rings is 1. The van der Waals surface area contributed by atoms with E-state index in [0.29, 0.717) is 12.4 Å². The minimum absolute atomic E-state index is 0.241. The molecule has 19 heavy (non-hydrogen) atoms. The predicted octanol–water partition coefficient (Wildman–Crippen LogP) is 1.32. The lowest BCUT2D eigenvalue weighted by molar-refractivity contribution is 0.0946. The number of nitrogens with zero attached hydrogens (tertiary/aromatic N) is 2. The van der Waals surface area contributed by atoms with Crippen LogP contribution in [-0.2, 0) is 13.0 Å². The molecular weight excluding hydrogens is 262 g/mol. The highest BCUT2D eigenvalue weighted by Gasteiger charge is 2.10. The standard InChI is InChI=1S/C12H15N5OS/c1-2-8-3-4-19-10(8)6-15-12(18)9-5-14-7-11(16-9)17-13/h3-5,7H,2,6,13H2,1H3,(H,15,18)(H,16,17). The van der Waals surface area contributed by atoms with Crippen LogP contribution in [0.4, 0.5) is 5.82 Å². The number of hydrogen-bond acceptors (Lipinski definition) is 6. The molecule has 100 valence electrons. The Morgan fingerprint density at radius 3 is 3.05 bits per heavy atom. The molecule has 0 aliphatic rings. The third kappa shape index (κ3) is 3.27. The van der Waals surface area contributed by atoms with E-state index in [9.17, 15) is 4.79 Å². The van der Waals surface area contributed by atoms with Gasteiger partial charge < -0.3 is 10.7 Å². The Bertz CT molecular complexity index is 569. The smallest absolute Gasteiger partial charge is 0.271 e. The van der Waals surface area contributed by atoms with Crippen molar-refractivity contribution < 1.29 is 4.79 Å². The van der Waals surface area contributed by atoms with E-state index < -0.39 is 0 Å². The van der Waals surface area contributed by atoms with Gasteiger partial charge in [0, 0.05) is 4.88 Å². The molecule has 2 rings (SSSR count). The van der Waals surface area contributed by atoms with Crippen molar-refractivity contribution >= 4 is 23.1 Å². The molecule has 0 saturated carbocycles. The zero-order valence-electron chi connectivity index (χ0n) is 10.5. The maximum atomic E-state index is 11.9. The number of amides is 1. The lowest BCUT2D eigenvalue weighted by atomic mass is 10.2. The Hall–Kier alpha value is -1.99. The SMILES string of the molecule is CCc1ccsc1CNC(=O)c1cncc(NN)n1. The molecule has 4 N–H and O–H groups in total. The predicted molar refractivity (Wildman–Crippen MR) is 74.7 cm³/mol. The summed E-state index contributed by atoms with van der Waals surface area (Å²) in [5.74, 6) is 5.32. The van der Waals surface area contributed by atoms with E-state index in [1.54, 1.807) is 11.3 Å². The van der Waals surface area contributed by atoms with Crippen LogP contribution in [0.3, 0.4) is 0 Å². The Morgan fingerprint density at radius 1 is 1.47 bits per heavy atom. The third-order valence-corrected chi connectivity index (χ3v) is 3.61. The quantitative estimate of drug-likeness (QED) is 0.566. The highest BCUT2D eigenvalue weighted by molar-refractivity contribution is 7.10. The molecule has 0 radical (unpaired) electrons. The first-order chi connectivity index (χ1) is 9.24. The van der Waals surface area contributed by atoms with E-state index in [4.69, 9.17) is 5.84 Å². The number of carbonyl (C=O) groups is 1. The number of nitrogens with two attached hydrogens (primary N) is 1. The van der Waals surface area contributed by atoms with Gasteiger partial charge in [-0.1, -0.05) is 6.92 Å². The topological polar surface area (TPSA) is 92.9 Å². The molecule has 6 nitrogen and oxygen atoms in total. The summed E-state index contributed by atoms with van der Waals surface area (Å²) in [6.07, 6.45) is 3.82. The summed E-state index contributed by atoms with van der Waals surface area (Å²) < 4.78 is 0. The van der Waals surface area contributed by atoms with E-state index in [1.165, 1.54) is 18.0 Å². The minimum Gasteiger partial charge on any atom is -0.346 e. The van der Waals surface area contributed by atoms with Crippen molar-refractivity contribution in [2.24, 2.45) is 5.84 Å². The highest BCUT2D eigenvalue weighted by atomic mass is 32.1. The Morgan fingerprint density at radius 2 is 2.32 bits per heavy atom. The molecule has 0 spiro atoms. The van der Waals surface area contributed by atoms with Gasteiger partial charge >= 0.3 is 0 Å². The van der Waals surface area contributed by atoms with Gasteiger partial charge in [0.25, 0.3) is 5.91 Å². The Labute approximate surface area is 115 Å². The zero-order valence-corrected chi connectivity index (χ0v) is 11.3. The average Bonchev–Trinajstić information content (AvgIpc) is 2.92. The van der Waals surface area contributed by atoms with Crippen molar-refractivity contribution in [3.63, 3.8) is 0 Å². The van der Waals surface area contributed by atoms with Gasteiger partial charge in [-0.15, -0.1) is 11.3 Å². The maximum absolute atomic E-state index is 11.9. The van der Waals surface area contributed by atoms with E-state index in [1.807, 2.05) is 5.38 Å². The van der Waals surface area contributed by atoms with Crippen LogP contribution in [0.15, 0.2) is 23.8 Å². The first-order valence-corrected chi connectivity index (χ1v) is 6.74. The van der Waals surface area contributed by atoms with Crippen molar-refractivity contribution in [3.8, 4) is 0 Å². The molecule has 2 heterocycles. The number of nitrogens with one attached hydrogen (secondary N) is 2. The lowest BCUT2D eigenvalue weighted by Crippen LogP contribution is -2.24. The largest absolute Gasteiger partial charge is 0.346 e. The molecule has 0 fully saturated rings. The first-order valence-electron chi connectivity index (χ1n) is 5.86. The van der Waals surface area contributed by atoms with Gasteiger partial charge in [-0.25, -0.2) is 10.8 Å². The number of aromatic nitrogens is 2. The number of rotatable bonds is 5. The highest BCUT2D eigenvalue weighted by Crippen LogP contribution is 2.17. The Balaban J connectivity index is 2.01. The molecule has 1 amide bonds. The summed E-state index contributed by atoms with van der Waals surface area (Å²) in [7, 11) is 0. The van der Waals surface area contributed by atoms with E-state index in [2.05, 4.69) is 33.7 Å². The van der Waals surface area contributed by atoms with Crippen molar-refractivity contribution in [1.82, 2.24) is 15.3 Å². The second kappa shape index (κ2) is 6.26. The number of anilines is 1. The van der Waals surface area contributed by atoms with Gasteiger partial charge in [-0.05, 0) is 23.4 Å². The molecule has 0 atom stereocenters. The van der Waals surface area contributed by atoms with Crippen LogP contribution < -0.4 is 16.6 Å². The number of carbonyl (C=O) groups excluding carboxylic acids is 1. The van der Waals surface area contributed by atoms with Gasteiger partial charge in [0.15, 0.2) is 5.82 Å². The molecule has 0 saturated heterocycles. The summed E-state index contributed by atoms with van der Waals surface area (Å²) in [4.78, 5) is 21.0. The van der Waals surface area contributed by atoms with Crippen molar-refractivity contribution in [3.05, 3.63) is 40.0 Å². The fourth-order valence-electron chi connectivity index (χ4n) is 1.63. The molecule has 0 aliphatic heterocycles. The number of hydrazine groups is 1. The lowest BCUT2D eigenvalue weighted by Gasteiger charge is -2.05. The first kappa shape index (κ1) is 13.4. The zero-order chi connectivity index (χ0) is 13.7. The third-order valence-electron chi connectivity index (χ3n) is 2.64. The average molecular weight is 277 g/mol. The molecule has 0 aromatic carbocycles.